The smallest absolute Gasteiger partial charge is 0.252 e. The summed E-state index contributed by atoms with van der Waals surface area (Å²) < 4.78 is 0. The number of nitrogens with zero attached hydrogens (tertiary/aromatic N) is 3. The highest BCUT2D eigenvalue weighted by Gasteiger charge is 2.58. The van der Waals surface area contributed by atoms with E-state index in [9.17, 15) is 0 Å². The summed E-state index contributed by atoms with van der Waals surface area (Å²) in [5.74, 6) is 0. The van der Waals surface area contributed by atoms with E-state index in [-0.39, 0.29) is 44.7 Å². The minimum absolute atomic E-state index is 0.00308. The molecule has 9 aromatic carbocycles. The Morgan fingerprint density at radius 1 is 0.337 bits per heavy atom. The molecule has 0 aromatic heterocycles. The Morgan fingerprint density at radius 3 is 1.47 bits per heavy atom. The third-order valence-corrected chi connectivity index (χ3v) is 22.9. The highest BCUT2D eigenvalue weighted by atomic mass is 15.3. The Bertz CT molecular complexity index is 4220. The fourth-order valence-electron chi connectivity index (χ4n) is 17.2. The normalized spacial score (nSPS) is 21.5. The predicted octanol–water partition coefficient (Wildman–Crippen LogP) is 20.5. The van der Waals surface area contributed by atoms with E-state index < -0.39 is 0 Å². The minimum Gasteiger partial charge on any atom is -0.334 e. The van der Waals surface area contributed by atoms with Crippen molar-refractivity contribution < 1.29 is 0 Å². The van der Waals surface area contributed by atoms with E-state index in [4.69, 9.17) is 0 Å². The third kappa shape index (κ3) is 8.27. The molecular weight excluding hydrogens is 1040 g/mol. The van der Waals surface area contributed by atoms with Gasteiger partial charge in [0.2, 0.25) is 0 Å². The van der Waals surface area contributed by atoms with Crippen molar-refractivity contribution in [1.82, 2.24) is 0 Å². The van der Waals surface area contributed by atoms with E-state index >= 15 is 0 Å². The lowest BCUT2D eigenvalue weighted by molar-refractivity contribution is 0.195. The molecule has 3 nitrogen and oxygen atoms in total. The van der Waals surface area contributed by atoms with Crippen LogP contribution in [0.3, 0.4) is 0 Å². The molecule has 86 heavy (non-hydrogen) atoms. The summed E-state index contributed by atoms with van der Waals surface area (Å²) in [6, 6.07) is 74.3. The summed E-state index contributed by atoms with van der Waals surface area (Å²) in [6.07, 6.45) is 9.32. The van der Waals surface area contributed by atoms with Gasteiger partial charge in [0.05, 0.1) is 5.54 Å². The SMILES string of the molecule is CC(C)(C)c1ccc(-c2ccc3c(c2)C2(C)CCCCC2(C)N3c2cc3c4c(c2)N(c2ccc5c(c2)C(C)(C)CCC5(C)C)c2cc5c(cc2B4c2ccc(-c4ccccc4)cc2N3c2cccc(-c3ccccc3)c2)C(C)(C)CCC5(C)C)cc1. The van der Waals surface area contributed by atoms with Crippen LogP contribution in [0.4, 0.5) is 45.5 Å². The van der Waals surface area contributed by atoms with E-state index in [0.29, 0.717) is 0 Å². The quantitative estimate of drug-likeness (QED) is 0.154. The molecule has 0 spiro atoms. The number of rotatable bonds is 6. The fraction of sp³-hybridized carbons (Fsp3) is 0.341. The number of anilines is 8. The van der Waals surface area contributed by atoms with Gasteiger partial charge in [0.25, 0.3) is 6.71 Å². The van der Waals surface area contributed by atoms with E-state index in [1.165, 1.54) is 142 Å². The summed E-state index contributed by atoms with van der Waals surface area (Å²) in [5, 5.41) is 0. The van der Waals surface area contributed by atoms with E-state index in [1.807, 2.05) is 0 Å². The Morgan fingerprint density at radius 2 is 0.837 bits per heavy atom. The van der Waals surface area contributed by atoms with Gasteiger partial charge in [-0.05, 0) is 216 Å². The summed E-state index contributed by atoms with van der Waals surface area (Å²) in [6.45, 7) is 32.1. The van der Waals surface area contributed by atoms with E-state index in [2.05, 4.69) is 293 Å². The van der Waals surface area contributed by atoms with Crippen LogP contribution in [0, 0.1) is 0 Å². The molecule has 2 atom stereocenters. The first-order chi connectivity index (χ1) is 41.0. The van der Waals surface area contributed by atoms with Crippen LogP contribution in [0.1, 0.15) is 175 Å². The molecule has 6 aliphatic rings. The van der Waals surface area contributed by atoms with Crippen molar-refractivity contribution >= 4 is 68.6 Å². The monoisotopic (exact) mass is 1120 g/mol. The molecule has 3 aliphatic heterocycles. The molecule has 15 rings (SSSR count). The maximum absolute atomic E-state index is 2.86. The largest absolute Gasteiger partial charge is 0.334 e. The second-order valence-electron chi connectivity index (χ2n) is 31.0. The first-order valence-electron chi connectivity index (χ1n) is 32.5. The average molecular weight is 1120 g/mol. The first kappa shape index (κ1) is 55.1. The molecule has 0 amide bonds. The fourth-order valence-corrected chi connectivity index (χ4v) is 17.2. The molecular formula is C82H86BN3. The molecule has 432 valence electrons. The number of benzene rings is 9. The van der Waals surface area contributed by atoms with Crippen molar-refractivity contribution in [1.29, 1.82) is 0 Å². The van der Waals surface area contributed by atoms with Gasteiger partial charge in [-0.15, -0.1) is 0 Å². The van der Waals surface area contributed by atoms with Crippen molar-refractivity contribution in [3.8, 4) is 33.4 Å². The van der Waals surface area contributed by atoms with Crippen LogP contribution in [-0.4, -0.2) is 12.3 Å². The van der Waals surface area contributed by atoms with Gasteiger partial charge in [0.15, 0.2) is 0 Å². The second kappa shape index (κ2) is 19.0. The van der Waals surface area contributed by atoms with Gasteiger partial charge in [0, 0.05) is 50.9 Å². The molecule has 4 heteroatoms. The molecule has 9 aromatic rings. The van der Waals surface area contributed by atoms with Gasteiger partial charge in [-0.25, -0.2) is 0 Å². The molecule has 1 saturated carbocycles. The summed E-state index contributed by atoms with van der Waals surface area (Å²) in [7, 11) is 0. The van der Waals surface area contributed by atoms with Gasteiger partial charge < -0.3 is 14.7 Å². The average Bonchev–Trinajstić information content (AvgIpc) is 1.14. The zero-order valence-electron chi connectivity index (χ0n) is 53.5. The van der Waals surface area contributed by atoms with Gasteiger partial charge in [0.1, 0.15) is 0 Å². The van der Waals surface area contributed by atoms with Crippen LogP contribution in [0.2, 0.25) is 0 Å². The molecule has 0 bridgehead atoms. The number of fused-ring (bicyclic) bond motifs is 9. The van der Waals surface area contributed by atoms with Crippen LogP contribution in [0.25, 0.3) is 33.4 Å². The van der Waals surface area contributed by atoms with E-state index in [0.717, 1.165) is 37.8 Å². The Hall–Kier alpha value is -7.56. The third-order valence-electron chi connectivity index (χ3n) is 22.9. The lowest BCUT2D eigenvalue weighted by Crippen LogP contribution is -2.62. The van der Waals surface area contributed by atoms with Crippen LogP contribution in [0.15, 0.2) is 188 Å². The number of hydrogen-bond acceptors (Lipinski definition) is 3. The summed E-state index contributed by atoms with van der Waals surface area (Å²) in [5.41, 5.74) is 30.4. The molecule has 3 aliphatic carbocycles. The molecule has 2 unspecified atom stereocenters. The maximum Gasteiger partial charge on any atom is 0.252 e. The van der Waals surface area contributed by atoms with Gasteiger partial charge in [-0.3, -0.25) is 0 Å². The lowest BCUT2D eigenvalue weighted by Gasteiger charge is -2.51. The van der Waals surface area contributed by atoms with Gasteiger partial charge >= 0.3 is 0 Å². The number of hydrogen-bond donors (Lipinski definition) is 0. The Kier molecular flexibility index (Phi) is 12.1. The predicted molar refractivity (Wildman–Crippen MR) is 369 cm³/mol. The van der Waals surface area contributed by atoms with Crippen LogP contribution in [0.5, 0.6) is 0 Å². The van der Waals surface area contributed by atoms with Crippen LogP contribution < -0.4 is 31.1 Å². The molecule has 3 heterocycles. The van der Waals surface area contributed by atoms with E-state index in [1.54, 1.807) is 0 Å². The standard InChI is InChI=1S/C82H86BN3/c1-76(2,3)59-33-29-55(30-34-59)57-32-38-70-67(46-57)81(12)39-20-21-40-82(81,13)86(70)62-49-73-75-74(50-62)85(61-35-36-63-64(48-61)78(6,7)42-41-77(63,4)5)72-52-66-65(79(8,9)43-44-80(66,10)11)51-69(72)83(75)68-37-31-58(54-25-18-15-19-26-54)47-71(68)84(73)60-28-22-27-56(45-60)53-23-16-14-17-24-53/h14-19,22-38,45-52H,20-21,39-44H2,1-13H3. The summed E-state index contributed by atoms with van der Waals surface area (Å²) in [4.78, 5) is 8.32. The minimum atomic E-state index is -0.207. The first-order valence-corrected chi connectivity index (χ1v) is 32.5. The zero-order chi connectivity index (χ0) is 59.7. The van der Waals surface area contributed by atoms with Crippen LogP contribution >= 0.6 is 0 Å². The van der Waals surface area contributed by atoms with Crippen molar-refractivity contribution in [3.63, 3.8) is 0 Å². The highest BCUT2D eigenvalue weighted by molar-refractivity contribution is 7.00. The molecule has 0 N–H and O–H groups in total. The lowest BCUT2D eigenvalue weighted by atomic mass is 9.33. The topological polar surface area (TPSA) is 9.72 Å². The molecule has 0 saturated heterocycles. The van der Waals surface area contributed by atoms with Crippen molar-refractivity contribution in [2.24, 2.45) is 0 Å². The molecule has 0 radical (unpaired) electrons. The highest BCUT2D eigenvalue weighted by Crippen LogP contribution is 2.63. The van der Waals surface area contributed by atoms with Crippen molar-refractivity contribution in [3.05, 3.63) is 221 Å². The second-order valence-corrected chi connectivity index (χ2v) is 31.0. The zero-order valence-corrected chi connectivity index (χ0v) is 53.5. The summed E-state index contributed by atoms with van der Waals surface area (Å²) >= 11 is 0. The molecule has 1 fully saturated rings. The van der Waals surface area contributed by atoms with Crippen molar-refractivity contribution in [2.45, 2.75) is 179 Å². The maximum atomic E-state index is 2.86. The Labute approximate surface area is 514 Å². The van der Waals surface area contributed by atoms with Crippen LogP contribution in [-0.2, 0) is 32.5 Å². The van der Waals surface area contributed by atoms with Gasteiger partial charge in [-0.1, -0.05) is 223 Å². The van der Waals surface area contributed by atoms with Crippen molar-refractivity contribution in [2.75, 3.05) is 14.7 Å². The van der Waals surface area contributed by atoms with Gasteiger partial charge in [-0.2, -0.15) is 0 Å². The Balaban J connectivity index is 1.06.